The second-order valence-electron chi connectivity index (χ2n) is 8.77. The molecule has 178 valence electrons. The van der Waals surface area contributed by atoms with E-state index in [-0.39, 0.29) is 42.9 Å². The topological polar surface area (TPSA) is 117 Å². The smallest absolute Gasteiger partial charge is 0.487 e. The zero-order valence-corrected chi connectivity index (χ0v) is 21.3. The number of phenolic OH excluding ortho intramolecular Hbond substituents is 1. The summed E-state index contributed by atoms with van der Waals surface area (Å²) in [5, 5.41) is 33.1. The number of nitrogens with zero attached hydrogens (tertiary/aromatic N) is 1. The molecule has 1 aromatic heterocycles. The number of methoxy groups -OCH3 is 1. The molecule has 2 saturated heterocycles. The highest BCUT2D eigenvalue weighted by Crippen LogP contribution is 2.52. The fourth-order valence-corrected chi connectivity index (χ4v) is 6.80. The third kappa shape index (κ3) is 3.87. The van der Waals surface area contributed by atoms with E-state index < -0.39 is 31.0 Å². The van der Waals surface area contributed by atoms with Gasteiger partial charge in [0.05, 0.1) is 41.8 Å². The molecular weight excluding hydrogens is 572 g/mol. The maximum Gasteiger partial charge on any atom is 0.487 e. The number of aromatic hydroxyl groups is 1. The van der Waals surface area contributed by atoms with Crippen molar-refractivity contribution < 1.29 is 34.2 Å². The molecule has 2 amide bonds. The summed E-state index contributed by atoms with van der Waals surface area (Å²) in [4.78, 5) is 29.0. The van der Waals surface area contributed by atoms with Crippen molar-refractivity contribution in [2.45, 2.75) is 25.5 Å². The van der Waals surface area contributed by atoms with Crippen LogP contribution in [0.2, 0.25) is 0 Å². The molecule has 8 nitrogen and oxygen atoms in total. The number of allylic oxidation sites excluding steroid dienone is 1. The molecule has 3 aliphatic rings. The number of imide groups is 1. The standard InChI is InChI=1S/C23H23BINO7S/c1-32-18-7-11(6-16(25)21(18)28)17-8-14-19-15(5-12(10-27)20(14)24(31)33-17)22(29)26(23(19)30)9-13-3-2-4-34-13/h2-4,6-7,14-15,17,19,27-28,31H,5,8-10H2,1H3/t14-,15-,17-,19+/m0/s1. The van der Waals surface area contributed by atoms with Crippen LogP contribution in [-0.4, -0.2) is 52.8 Å². The largest absolute Gasteiger partial charge is 0.504 e. The average Bonchev–Trinajstić information content (AvgIpc) is 3.42. The Bertz CT molecular complexity index is 1170. The number of carbonyl (C=O) groups excluding carboxylic acids is 2. The summed E-state index contributed by atoms with van der Waals surface area (Å²) in [6.45, 7) is -0.0772. The van der Waals surface area contributed by atoms with Crippen molar-refractivity contribution in [3.63, 3.8) is 0 Å². The minimum Gasteiger partial charge on any atom is -0.504 e. The predicted molar refractivity (Wildman–Crippen MR) is 133 cm³/mol. The number of aliphatic hydroxyl groups excluding tert-OH is 1. The number of ether oxygens (including phenoxy) is 1. The van der Waals surface area contributed by atoms with Gasteiger partial charge in [-0.3, -0.25) is 14.5 Å². The number of aliphatic hydroxyl groups is 1. The van der Waals surface area contributed by atoms with E-state index in [4.69, 9.17) is 9.39 Å². The van der Waals surface area contributed by atoms with E-state index in [1.807, 2.05) is 40.1 Å². The number of rotatable bonds is 5. The third-order valence-electron chi connectivity index (χ3n) is 7.03. The summed E-state index contributed by atoms with van der Waals surface area (Å²) in [5.74, 6) is -1.80. The zero-order valence-electron chi connectivity index (χ0n) is 18.3. The van der Waals surface area contributed by atoms with E-state index in [1.165, 1.54) is 23.3 Å². The Balaban J connectivity index is 1.51. The Morgan fingerprint density at radius 1 is 1.29 bits per heavy atom. The lowest BCUT2D eigenvalue weighted by atomic mass is 9.55. The first kappa shape index (κ1) is 23.8. The van der Waals surface area contributed by atoms with Gasteiger partial charge in [0.2, 0.25) is 11.8 Å². The van der Waals surface area contributed by atoms with Crippen molar-refractivity contribution in [3.8, 4) is 11.5 Å². The number of thiophene rings is 1. The fourth-order valence-electron chi connectivity index (χ4n) is 5.49. The summed E-state index contributed by atoms with van der Waals surface area (Å²) in [5.41, 5.74) is 1.77. The number of fused-ring (bicyclic) bond motifs is 3. The summed E-state index contributed by atoms with van der Waals surface area (Å²) in [7, 11) is 0.148. The van der Waals surface area contributed by atoms with Crippen molar-refractivity contribution in [3.05, 3.63) is 54.7 Å². The summed E-state index contributed by atoms with van der Waals surface area (Å²) in [6, 6.07) is 7.18. The lowest BCUT2D eigenvalue weighted by Crippen LogP contribution is -2.45. The SMILES string of the molecule is COc1cc([C@@H]2C[C@@H]3C(=C(CO)C[C@@H]4C(=O)N(Cc5cccs5)C(=O)[C@@H]43)B(O)O2)cc(I)c1O. The Labute approximate surface area is 214 Å². The van der Waals surface area contributed by atoms with E-state index in [0.717, 1.165) is 4.88 Å². The third-order valence-corrected chi connectivity index (χ3v) is 8.71. The van der Waals surface area contributed by atoms with Crippen molar-refractivity contribution in [1.29, 1.82) is 0 Å². The quantitative estimate of drug-likeness (QED) is 0.277. The highest BCUT2D eigenvalue weighted by molar-refractivity contribution is 14.1. The number of halogens is 1. The first-order chi connectivity index (χ1) is 16.3. The van der Waals surface area contributed by atoms with Crippen LogP contribution in [-0.2, 0) is 20.8 Å². The fraction of sp³-hybridized carbons (Fsp3) is 0.391. The Kier molecular flexibility index (Phi) is 6.49. The molecule has 2 aliphatic heterocycles. The molecule has 3 N–H and O–H groups in total. The van der Waals surface area contributed by atoms with Crippen LogP contribution in [0.1, 0.15) is 29.4 Å². The van der Waals surface area contributed by atoms with Crippen LogP contribution in [0.15, 0.2) is 40.7 Å². The van der Waals surface area contributed by atoms with Crippen LogP contribution in [0, 0.1) is 21.3 Å². The van der Waals surface area contributed by atoms with E-state index >= 15 is 0 Å². The highest BCUT2D eigenvalue weighted by atomic mass is 127. The van der Waals surface area contributed by atoms with Gasteiger partial charge < -0.3 is 24.6 Å². The van der Waals surface area contributed by atoms with Gasteiger partial charge in [-0.1, -0.05) is 6.07 Å². The van der Waals surface area contributed by atoms with Crippen LogP contribution in [0.4, 0.5) is 0 Å². The minimum atomic E-state index is -1.31. The van der Waals surface area contributed by atoms with Gasteiger partial charge in [0.1, 0.15) is 0 Å². The lowest BCUT2D eigenvalue weighted by molar-refractivity contribution is -0.140. The number of amides is 2. The number of hydrogen-bond acceptors (Lipinski definition) is 8. The maximum absolute atomic E-state index is 13.5. The van der Waals surface area contributed by atoms with E-state index in [2.05, 4.69) is 0 Å². The number of likely N-dealkylation sites (tertiary alicyclic amines) is 1. The van der Waals surface area contributed by atoms with Crippen LogP contribution >= 0.6 is 33.9 Å². The molecular formula is C23H23BINO7S. The van der Waals surface area contributed by atoms with Gasteiger partial charge in [0, 0.05) is 4.88 Å². The van der Waals surface area contributed by atoms with Crippen LogP contribution in [0.25, 0.3) is 0 Å². The zero-order chi connectivity index (χ0) is 24.1. The number of phenols is 1. The van der Waals surface area contributed by atoms with Gasteiger partial charge in [-0.25, -0.2) is 0 Å². The molecule has 1 aliphatic carbocycles. The van der Waals surface area contributed by atoms with Crippen molar-refractivity contribution in [1.82, 2.24) is 4.90 Å². The van der Waals surface area contributed by atoms with Crippen LogP contribution in [0.3, 0.4) is 0 Å². The summed E-state index contributed by atoms with van der Waals surface area (Å²) >= 11 is 3.48. The lowest BCUT2D eigenvalue weighted by Gasteiger charge is -2.42. The second kappa shape index (κ2) is 9.27. The van der Waals surface area contributed by atoms with E-state index in [0.29, 0.717) is 26.6 Å². The van der Waals surface area contributed by atoms with Gasteiger partial charge in [-0.2, -0.15) is 0 Å². The molecule has 5 rings (SSSR count). The van der Waals surface area contributed by atoms with Crippen molar-refractivity contribution >= 4 is 52.9 Å². The molecule has 2 fully saturated rings. The normalized spacial score (nSPS) is 26.7. The molecule has 0 unspecified atom stereocenters. The second-order valence-corrected chi connectivity index (χ2v) is 11.0. The van der Waals surface area contributed by atoms with E-state index in [1.54, 1.807) is 12.1 Å². The molecule has 0 spiro atoms. The molecule has 2 aromatic rings. The average molecular weight is 595 g/mol. The highest BCUT2D eigenvalue weighted by Gasteiger charge is 2.57. The molecule has 1 aromatic carbocycles. The molecule has 4 atom stereocenters. The Hall–Kier alpha value is -1.93. The molecule has 11 heteroatoms. The first-order valence-electron chi connectivity index (χ1n) is 10.9. The monoisotopic (exact) mass is 595 g/mol. The maximum atomic E-state index is 13.5. The Morgan fingerprint density at radius 3 is 2.76 bits per heavy atom. The molecule has 0 saturated carbocycles. The molecule has 34 heavy (non-hydrogen) atoms. The molecule has 0 bridgehead atoms. The number of hydrogen-bond donors (Lipinski definition) is 3. The predicted octanol–water partition coefficient (Wildman–Crippen LogP) is 2.66. The van der Waals surface area contributed by atoms with Gasteiger partial charge in [-0.05, 0) is 81.5 Å². The Morgan fingerprint density at radius 2 is 2.09 bits per heavy atom. The van der Waals surface area contributed by atoms with Gasteiger partial charge in [0.25, 0.3) is 0 Å². The van der Waals surface area contributed by atoms with Gasteiger partial charge in [0.15, 0.2) is 11.5 Å². The van der Waals surface area contributed by atoms with Gasteiger partial charge >= 0.3 is 7.12 Å². The summed E-state index contributed by atoms with van der Waals surface area (Å²) in [6.07, 6.45) is 0.00118. The number of carbonyl (C=O) groups is 2. The minimum absolute atomic E-state index is 0.0184. The van der Waals surface area contributed by atoms with Gasteiger partial charge in [-0.15, -0.1) is 11.3 Å². The van der Waals surface area contributed by atoms with Crippen LogP contribution in [0.5, 0.6) is 11.5 Å². The summed E-state index contributed by atoms with van der Waals surface area (Å²) < 4.78 is 11.8. The van der Waals surface area contributed by atoms with Crippen molar-refractivity contribution in [2.24, 2.45) is 17.8 Å². The molecule has 0 radical (unpaired) electrons. The van der Waals surface area contributed by atoms with Crippen LogP contribution < -0.4 is 4.74 Å². The number of benzene rings is 1. The molecule has 3 heterocycles. The van der Waals surface area contributed by atoms with E-state index in [9.17, 15) is 24.8 Å². The van der Waals surface area contributed by atoms with Crippen molar-refractivity contribution in [2.75, 3.05) is 13.7 Å². The first-order valence-corrected chi connectivity index (χ1v) is 12.9.